The Bertz CT molecular complexity index is 1160. The van der Waals surface area contributed by atoms with Crippen LogP contribution in [0.4, 0.5) is 5.69 Å². The zero-order valence-corrected chi connectivity index (χ0v) is 23.8. The third kappa shape index (κ3) is 7.96. The largest absolute Gasteiger partial charge is 0.352 e. The second-order valence-corrected chi connectivity index (χ2v) is 12.6. The number of rotatable bonds is 10. The highest BCUT2D eigenvalue weighted by Gasteiger charge is 2.32. The highest BCUT2D eigenvalue weighted by Crippen LogP contribution is 2.27. The smallest absolute Gasteiger partial charge is 0.244 e. The third-order valence-electron chi connectivity index (χ3n) is 5.82. The summed E-state index contributed by atoms with van der Waals surface area (Å²) in [5, 5.41) is 3.33. The van der Waals surface area contributed by atoms with Gasteiger partial charge in [-0.15, -0.1) is 0 Å². The van der Waals surface area contributed by atoms with E-state index in [0.29, 0.717) is 22.7 Å². The molecule has 1 N–H and O–H groups in total. The van der Waals surface area contributed by atoms with Crippen LogP contribution >= 0.6 is 11.6 Å². The fraction of sp³-hybridized carbons (Fsp3) is 0.481. The molecule has 2 aromatic carbocycles. The molecule has 0 aliphatic rings. The summed E-state index contributed by atoms with van der Waals surface area (Å²) in [5.74, 6) is -0.792. The van der Waals surface area contributed by atoms with Gasteiger partial charge in [-0.1, -0.05) is 69.6 Å². The van der Waals surface area contributed by atoms with Gasteiger partial charge in [-0.05, 0) is 55.0 Å². The van der Waals surface area contributed by atoms with Crippen LogP contribution in [0.25, 0.3) is 0 Å². The zero-order valence-electron chi connectivity index (χ0n) is 22.2. The lowest BCUT2D eigenvalue weighted by Crippen LogP contribution is -2.53. The molecular weight excluding hydrogens is 498 g/mol. The third-order valence-corrected chi connectivity index (χ3v) is 7.33. The number of halogens is 1. The molecule has 0 spiro atoms. The number of nitrogens with one attached hydrogen (secondary N) is 1. The van der Waals surface area contributed by atoms with E-state index in [-0.39, 0.29) is 23.9 Å². The highest BCUT2D eigenvalue weighted by molar-refractivity contribution is 7.92. The molecule has 0 aliphatic heterocycles. The lowest BCUT2D eigenvalue weighted by atomic mass is 9.87. The van der Waals surface area contributed by atoms with Crippen LogP contribution < -0.4 is 9.62 Å². The number of anilines is 1. The minimum absolute atomic E-state index is 0.0725. The minimum Gasteiger partial charge on any atom is -0.352 e. The van der Waals surface area contributed by atoms with Crippen LogP contribution in [0, 0.1) is 0 Å². The second-order valence-electron chi connectivity index (χ2n) is 10.3. The number of sulfonamides is 1. The van der Waals surface area contributed by atoms with Gasteiger partial charge in [0.15, 0.2) is 0 Å². The summed E-state index contributed by atoms with van der Waals surface area (Å²) >= 11 is 6.37. The molecule has 0 fully saturated rings. The van der Waals surface area contributed by atoms with Crippen molar-refractivity contribution in [2.75, 3.05) is 17.1 Å². The average Bonchev–Trinajstić information content (AvgIpc) is 2.76. The average molecular weight is 536 g/mol. The second kappa shape index (κ2) is 12.1. The normalized spacial score (nSPS) is 12.8. The van der Waals surface area contributed by atoms with Crippen molar-refractivity contribution in [3.63, 3.8) is 0 Å². The number of benzene rings is 2. The van der Waals surface area contributed by atoms with Crippen molar-refractivity contribution in [2.24, 2.45) is 0 Å². The van der Waals surface area contributed by atoms with Crippen LogP contribution in [-0.4, -0.2) is 50.0 Å². The Labute approximate surface area is 220 Å². The van der Waals surface area contributed by atoms with E-state index in [1.54, 1.807) is 36.4 Å². The van der Waals surface area contributed by atoms with E-state index in [9.17, 15) is 18.0 Å². The standard InChI is InChI=1S/C27H38ClN3O4S/c1-8-24(26(33)29-19(2)3)30(17-20-11-9-10-12-23(20)28)25(32)18-31(36(7,34)35)22-15-13-21(14-16-22)27(4,5)6/h9-16,19,24H,8,17-18H2,1-7H3,(H,29,33)/t24-/m1/s1. The first-order chi connectivity index (χ1) is 16.6. The molecule has 0 radical (unpaired) electrons. The maximum absolute atomic E-state index is 13.7. The zero-order chi connectivity index (χ0) is 27.3. The van der Waals surface area contributed by atoms with Gasteiger partial charge in [0.1, 0.15) is 12.6 Å². The molecule has 2 rings (SSSR count). The van der Waals surface area contributed by atoms with Gasteiger partial charge in [0.2, 0.25) is 21.8 Å². The molecule has 0 aromatic heterocycles. The summed E-state index contributed by atoms with van der Waals surface area (Å²) in [4.78, 5) is 28.1. The molecule has 36 heavy (non-hydrogen) atoms. The number of nitrogens with zero attached hydrogens (tertiary/aromatic N) is 2. The highest BCUT2D eigenvalue weighted by atomic mass is 35.5. The molecule has 0 saturated heterocycles. The molecular formula is C27H38ClN3O4S. The van der Waals surface area contributed by atoms with E-state index in [2.05, 4.69) is 26.1 Å². The first-order valence-electron chi connectivity index (χ1n) is 12.1. The Morgan fingerprint density at radius 2 is 1.61 bits per heavy atom. The van der Waals surface area contributed by atoms with Crippen LogP contribution in [0.15, 0.2) is 48.5 Å². The van der Waals surface area contributed by atoms with E-state index < -0.39 is 28.5 Å². The number of carbonyl (C=O) groups is 2. The van der Waals surface area contributed by atoms with Gasteiger partial charge in [0, 0.05) is 17.6 Å². The van der Waals surface area contributed by atoms with Gasteiger partial charge < -0.3 is 10.2 Å². The quantitative estimate of drug-likeness (QED) is 0.476. The molecule has 1 atom stereocenters. The van der Waals surface area contributed by atoms with Crippen molar-refractivity contribution >= 4 is 39.1 Å². The first-order valence-corrected chi connectivity index (χ1v) is 14.3. The lowest BCUT2D eigenvalue weighted by Gasteiger charge is -2.33. The van der Waals surface area contributed by atoms with Gasteiger partial charge >= 0.3 is 0 Å². The van der Waals surface area contributed by atoms with Gasteiger partial charge in [0.05, 0.1) is 11.9 Å². The summed E-state index contributed by atoms with van der Waals surface area (Å²) < 4.78 is 26.6. The van der Waals surface area contributed by atoms with Crippen molar-refractivity contribution in [2.45, 2.75) is 72.0 Å². The van der Waals surface area contributed by atoms with Crippen LogP contribution in [0.1, 0.15) is 59.1 Å². The van der Waals surface area contributed by atoms with E-state index in [0.717, 1.165) is 16.1 Å². The maximum atomic E-state index is 13.7. The van der Waals surface area contributed by atoms with Crippen molar-refractivity contribution in [1.82, 2.24) is 10.2 Å². The maximum Gasteiger partial charge on any atom is 0.244 e. The Morgan fingerprint density at radius 1 is 1.03 bits per heavy atom. The summed E-state index contributed by atoms with van der Waals surface area (Å²) in [6.45, 7) is 11.3. The van der Waals surface area contributed by atoms with Crippen molar-refractivity contribution in [3.8, 4) is 0 Å². The predicted molar refractivity (Wildman–Crippen MR) is 147 cm³/mol. The molecule has 2 amide bonds. The fourth-order valence-electron chi connectivity index (χ4n) is 3.85. The first kappa shape index (κ1) is 29.6. The van der Waals surface area contributed by atoms with Gasteiger partial charge in [0.25, 0.3) is 0 Å². The molecule has 7 nitrogen and oxygen atoms in total. The van der Waals surface area contributed by atoms with Crippen LogP contribution in [0.5, 0.6) is 0 Å². The number of hydrogen-bond acceptors (Lipinski definition) is 4. The molecule has 0 bridgehead atoms. The number of hydrogen-bond donors (Lipinski definition) is 1. The van der Waals surface area contributed by atoms with E-state index in [4.69, 9.17) is 11.6 Å². The molecule has 0 aliphatic carbocycles. The van der Waals surface area contributed by atoms with E-state index >= 15 is 0 Å². The molecule has 0 saturated carbocycles. The van der Waals surface area contributed by atoms with Crippen molar-refractivity contribution in [3.05, 3.63) is 64.7 Å². The Kier molecular flexibility index (Phi) is 9.97. The van der Waals surface area contributed by atoms with Gasteiger partial charge in [-0.2, -0.15) is 0 Å². The molecule has 2 aromatic rings. The van der Waals surface area contributed by atoms with Crippen LogP contribution in [0.2, 0.25) is 5.02 Å². The Hall–Kier alpha value is -2.58. The Balaban J connectivity index is 2.46. The number of carbonyl (C=O) groups excluding carboxylic acids is 2. The van der Waals surface area contributed by atoms with Gasteiger partial charge in [-0.25, -0.2) is 8.42 Å². The van der Waals surface area contributed by atoms with Gasteiger partial charge in [-0.3, -0.25) is 13.9 Å². The summed E-state index contributed by atoms with van der Waals surface area (Å²) in [6, 6.07) is 13.3. The molecule has 198 valence electrons. The minimum atomic E-state index is -3.79. The summed E-state index contributed by atoms with van der Waals surface area (Å²) in [7, 11) is -3.79. The fourth-order valence-corrected chi connectivity index (χ4v) is 4.90. The van der Waals surface area contributed by atoms with Crippen molar-refractivity contribution < 1.29 is 18.0 Å². The van der Waals surface area contributed by atoms with Crippen molar-refractivity contribution in [1.29, 1.82) is 0 Å². The molecule has 0 unspecified atom stereocenters. The number of amides is 2. The predicted octanol–water partition coefficient (Wildman–Crippen LogP) is 4.74. The van der Waals surface area contributed by atoms with E-state index in [1.165, 1.54) is 4.90 Å². The molecule has 9 heteroatoms. The molecule has 0 heterocycles. The topological polar surface area (TPSA) is 86.8 Å². The van der Waals surface area contributed by atoms with Crippen LogP contribution in [-0.2, 0) is 31.6 Å². The lowest BCUT2D eigenvalue weighted by molar-refractivity contribution is -0.140. The summed E-state index contributed by atoms with van der Waals surface area (Å²) in [5.41, 5.74) is 2.00. The Morgan fingerprint density at radius 3 is 2.08 bits per heavy atom. The summed E-state index contributed by atoms with van der Waals surface area (Å²) in [6.07, 6.45) is 1.42. The monoisotopic (exact) mass is 535 g/mol. The van der Waals surface area contributed by atoms with Crippen LogP contribution in [0.3, 0.4) is 0 Å². The SMILES string of the molecule is CC[C@H](C(=O)NC(C)C)N(Cc1ccccc1Cl)C(=O)CN(c1ccc(C(C)(C)C)cc1)S(C)(=O)=O. The van der Waals surface area contributed by atoms with E-state index in [1.807, 2.05) is 32.9 Å².